The van der Waals surface area contributed by atoms with E-state index in [1.165, 1.54) is 27.8 Å². The Morgan fingerprint density at radius 2 is 1.12 bits per heavy atom. The molecule has 1 aliphatic carbocycles. The van der Waals surface area contributed by atoms with Crippen LogP contribution in [0.15, 0.2) is 54.0 Å². The first-order valence-corrected chi connectivity index (χ1v) is 8.23. The topological polar surface area (TPSA) is 0 Å². The zero-order valence-corrected chi connectivity index (χ0v) is 17.9. The molecular formula is C23H37B2Y. The third-order valence-electron chi connectivity index (χ3n) is 3.60. The SMILES string of the molecule is C.C.C.CC.CC.[B][B]C(C)=C1c2ccccc2Cc2ccccc21.[Y]. The van der Waals surface area contributed by atoms with Crippen molar-refractivity contribution in [1.29, 1.82) is 0 Å². The van der Waals surface area contributed by atoms with Gasteiger partial charge in [-0.15, -0.1) is 5.47 Å². The summed E-state index contributed by atoms with van der Waals surface area (Å²) in [6.45, 7) is 10.1. The van der Waals surface area contributed by atoms with Crippen molar-refractivity contribution in [3.8, 4) is 0 Å². The molecule has 4 radical (unpaired) electrons. The van der Waals surface area contributed by atoms with E-state index in [4.69, 9.17) is 7.74 Å². The minimum absolute atomic E-state index is 0. The molecule has 0 nitrogen and oxygen atoms in total. The summed E-state index contributed by atoms with van der Waals surface area (Å²) in [6, 6.07) is 17.2. The zero-order valence-electron chi connectivity index (χ0n) is 15.1. The first kappa shape index (κ1) is 33.0. The summed E-state index contributed by atoms with van der Waals surface area (Å²) in [5, 5.41) is 0. The van der Waals surface area contributed by atoms with E-state index < -0.39 is 0 Å². The summed E-state index contributed by atoms with van der Waals surface area (Å²) >= 11 is 0. The van der Waals surface area contributed by atoms with Crippen LogP contribution in [-0.4, -0.2) is 14.9 Å². The maximum Gasteiger partial charge on any atom is 0.0906 e. The van der Waals surface area contributed by atoms with Crippen molar-refractivity contribution < 1.29 is 32.7 Å². The Morgan fingerprint density at radius 3 is 1.46 bits per heavy atom. The molecule has 0 atom stereocenters. The molecule has 0 aromatic heterocycles. The predicted octanol–water partition coefficient (Wildman–Crippen LogP) is 7.12. The third-order valence-corrected chi connectivity index (χ3v) is 3.60. The van der Waals surface area contributed by atoms with Gasteiger partial charge >= 0.3 is 0 Å². The molecule has 0 spiro atoms. The number of allylic oxidation sites excluding steroid dienone is 1. The molecule has 2 aromatic carbocycles. The zero-order chi connectivity index (χ0) is 16.5. The fourth-order valence-electron chi connectivity index (χ4n) is 2.70. The second kappa shape index (κ2) is 17.8. The van der Waals surface area contributed by atoms with Gasteiger partial charge in [-0.25, -0.2) is 0 Å². The summed E-state index contributed by atoms with van der Waals surface area (Å²) in [4.78, 5) is 0. The van der Waals surface area contributed by atoms with E-state index in [0.29, 0.717) is 0 Å². The van der Waals surface area contributed by atoms with Crippen LogP contribution in [0, 0.1) is 0 Å². The average molecular weight is 424 g/mol. The van der Waals surface area contributed by atoms with Gasteiger partial charge in [-0.05, 0) is 34.2 Å². The molecule has 0 fully saturated rings. The molecule has 26 heavy (non-hydrogen) atoms. The first-order chi connectivity index (χ1) is 10.8. The molecule has 0 aliphatic heterocycles. The molecule has 3 rings (SSSR count). The van der Waals surface area contributed by atoms with Crippen molar-refractivity contribution in [1.82, 2.24) is 0 Å². The second-order valence-corrected chi connectivity index (χ2v) is 4.72. The van der Waals surface area contributed by atoms with Crippen molar-refractivity contribution in [2.75, 3.05) is 0 Å². The van der Waals surface area contributed by atoms with E-state index in [2.05, 4.69) is 55.5 Å². The molecule has 0 N–H and O–H groups in total. The Kier molecular flexibility index (Phi) is 22.6. The predicted molar refractivity (Wildman–Crippen MR) is 122 cm³/mol. The third kappa shape index (κ3) is 7.57. The molecular weight excluding hydrogens is 387 g/mol. The quantitative estimate of drug-likeness (QED) is 0.365. The van der Waals surface area contributed by atoms with E-state index in [1.807, 2.05) is 27.7 Å². The maximum absolute atomic E-state index is 5.73. The van der Waals surface area contributed by atoms with Crippen LogP contribution in [-0.2, 0) is 39.1 Å². The Morgan fingerprint density at radius 1 is 0.769 bits per heavy atom. The van der Waals surface area contributed by atoms with Gasteiger partial charge in [0.1, 0.15) is 0 Å². The fraction of sp³-hybridized carbons (Fsp3) is 0.391. The number of hydrogen-bond donors (Lipinski definition) is 0. The van der Waals surface area contributed by atoms with Crippen molar-refractivity contribution in [2.45, 2.75) is 63.3 Å². The molecule has 0 saturated heterocycles. The van der Waals surface area contributed by atoms with Crippen LogP contribution >= 0.6 is 0 Å². The number of hydrogen-bond acceptors (Lipinski definition) is 0. The molecule has 1 aliphatic rings. The average Bonchev–Trinajstić information content (AvgIpc) is 2.62. The normalized spacial score (nSPS) is 9.19. The first-order valence-electron chi connectivity index (χ1n) is 8.23. The number of benzene rings is 2. The van der Waals surface area contributed by atoms with Crippen LogP contribution in [0.4, 0.5) is 0 Å². The van der Waals surface area contributed by atoms with Crippen molar-refractivity contribution >= 4 is 20.5 Å². The standard InChI is InChI=1S/C16H13B2.2C2H6.3CH4.Y/c1-11(18-17)16-14-8-4-2-6-12(14)10-13-7-3-5-9-15(13)16;2*1-2;;;;/h2-9H,10H2,1H3;2*1-2H3;3*1H4;. The minimum Gasteiger partial charge on any atom is -0.114 e. The van der Waals surface area contributed by atoms with E-state index in [-0.39, 0.29) is 55.0 Å². The Bertz CT molecular complexity index is 586. The van der Waals surface area contributed by atoms with Gasteiger partial charge in [0, 0.05) is 40.4 Å². The van der Waals surface area contributed by atoms with Gasteiger partial charge in [0.2, 0.25) is 0 Å². The summed E-state index contributed by atoms with van der Waals surface area (Å²) in [5.41, 5.74) is 7.80. The van der Waals surface area contributed by atoms with Crippen LogP contribution in [0.3, 0.4) is 0 Å². The molecule has 138 valence electrons. The van der Waals surface area contributed by atoms with E-state index >= 15 is 0 Å². The van der Waals surface area contributed by atoms with Gasteiger partial charge in [0.15, 0.2) is 0 Å². The van der Waals surface area contributed by atoms with Gasteiger partial charge in [-0.1, -0.05) is 105 Å². The molecule has 0 bridgehead atoms. The molecule has 0 unspecified atom stereocenters. The molecule has 3 heteroatoms. The molecule has 0 amide bonds. The van der Waals surface area contributed by atoms with Gasteiger partial charge in [0.25, 0.3) is 0 Å². The van der Waals surface area contributed by atoms with E-state index in [9.17, 15) is 0 Å². The van der Waals surface area contributed by atoms with Crippen molar-refractivity contribution in [2.24, 2.45) is 0 Å². The Hall–Kier alpha value is -0.586. The van der Waals surface area contributed by atoms with Crippen LogP contribution in [0.2, 0.25) is 0 Å². The summed E-state index contributed by atoms with van der Waals surface area (Å²) in [5.74, 6) is 0. The Balaban J connectivity index is -0.000000284. The minimum atomic E-state index is 0. The maximum atomic E-state index is 5.73. The van der Waals surface area contributed by atoms with Gasteiger partial charge in [0.05, 0.1) is 7.17 Å². The molecule has 2 aromatic rings. The summed E-state index contributed by atoms with van der Waals surface area (Å²) in [6.07, 6.45) is 1.01. The van der Waals surface area contributed by atoms with E-state index in [1.54, 1.807) is 7.17 Å². The van der Waals surface area contributed by atoms with Crippen LogP contribution < -0.4 is 0 Å². The molecule has 0 heterocycles. The van der Waals surface area contributed by atoms with Crippen LogP contribution in [0.1, 0.15) is 79.2 Å². The largest absolute Gasteiger partial charge is 0.114 e. The van der Waals surface area contributed by atoms with Gasteiger partial charge in [-0.3, -0.25) is 0 Å². The van der Waals surface area contributed by atoms with Crippen molar-refractivity contribution in [3.63, 3.8) is 0 Å². The monoisotopic (exact) mass is 424 g/mol. The smallest absolute Gasteiger partial charge is 0.0906 e. The fourth-order valence-corrected chi connectivity index (χ4v) is 2.70. The van der Waals surface area contributed by atoms with Crippen LogP contribution in [0.5, 0.6) is 0 Å². The van der Waals surface area contributed by atoms with Crippen LogP contribution in [0.25, 0.3) is 5.57 Å². The summed E-state index contributed by atoms with van der Waals surface area (Å²) in [7, 11) is 7.44. The van der Waals surface area contributed by atoms with Gasteiger partial charge in [-0.2, -0.15) is 0 Å². The Labute approximate surface area is 191 Å². The van der Waals surface area contributed by atoms with Gasteiger partial charge < -0.3 is 0 Å². The number of rotatable bonds is 1. The van der Waals surface area contributed by atoms with E-state index in [0.717, 1.165) is 11.9 Å². The molecule has 0 saturated carbocycles. The summed E-state index contributed by atoms with van der Waals surface area (Å²) < 4.78 is 0. The second-order valence-electron chi connectivity index (χ2n) is 4.72. The number of fused-ring (bicyclic) bond motifs is 2. The van der Waals surface area contributed by atoms with Crippen molar-refractivity contribution in [3.05, 3.63) is 76.3 Å².